The monoisotopic (exact) mass is 448 g/mol. The molecule has 1 heterocycles. The van der Waals surface area contributed by atoms with Gasteiger partial charge in [-0.1, -0.05) is 48.9 Å². The topological polar surface area (TPSA) is 64.4 Å². The van der Waals surface area contributed by atoms with Gasteiger partial charge in [-0.25, -0.2) is 4.98 Å². The van der Waals surface area contributed by atoms with E-state index in [-0.39, 0.29) is 5.92 Å². The van der Waals surface area contributed by atoms with Gasteiger partial charge in [0.15, 0.2) is 0 Å². The molecule has 0 bridgehead atoms. The molecule has 0 aliphatic heterocycles. The van der Waals surface area contributed by atoms with Crippen molar-refractivity contribution in [2.24, 2.45) is 5.92 Å². The minimum Gasteiger partial charge on any atom is -0.494 e. The Labute approximate surface area is 192 Å². The van der Waals surface area contributed by atoms with Crippen molar-refractivity contribution in [3.05, 3.63) is 77.8 Å². The van der Waals surface area contributed by atoms with Gasteiger partial charge in [0, 0.05) is 22.3 Å². The van der Waals surface area contributed by atoms with E-state index in [0.29, 0.717) is 18.1 Å². The Morgan fingerprint density at radius 2 is 1.81 bits per heavy atom. The Kier molecular flexibility index (Phi) is 6.76. The van der Waals surface area contributed by atoms with E-state index in [4.69, 9.17) is 26.4 Å². The third kappa shape index (κ3) is 4.94. The van der Waals surface area contributed by atoms with E-state index >= 15 is 0 Å². The minimum atomic E-state index is -0.749. The second-order valence-electron chi connectivity index (χ2n) is 7.85. The molecule has 0 radical (unpaired) electrons. The Morgan fingerprint density at radius 3 is 2.53 bits per heavy atom. The molecule has 5 nitrogen and oxygen atoms in total. The molecule has 0 amide bonds. The number of carbonyl (C=O) groups is 1. The van der Waals surface area contributed by atoms with Crippen LogP contribution in [0.25, 0.3) is 28.1 Å². The summed E-state index contributed by atoms with van der Waals surface area (Å²) in [6.45, 7) is 2.28. The number of carboxylic acids is 1. The van der Waals surface area contributed by atoms with Gasteiger partial charge in [-0.3, -0.25) is 9.36 Å². The maximum Gasteiger partial charge on any atom is 0.306 e. The molecule has 1 atom stereocenters. The number of nitrogens with zero attached hydrogens (tertiary/aromatic N) is 2. The predicted octanol–water partition coefficient (Wildman–Crippen LogP) is 6.62. The number of aromatic nitrogens is 2. The standard InChI is InChI=1S/C26H25ClN2O3/c1-18(26(30)31)7-5-6-16-32-22-14-15-23-24(17-22)29(21-12-10-20(27)11-13-21)25(28-23)19-8-3-2-4-9-19/h2-4,8-15,17-18H,5-7,16H2,1H3,(H,30,31). The van der Waals surface area contributed by atoms with Gasteiger partial charge < -0.3 is 9.84 Å². The highest BCUT2D eigenvalue weighted by Gasteiger charge is 2.15. The van der Waals surface area contributed by atoms with Crippen molar-refractivity contribution >= 4 is 28.6 Å². The zero-order valence-corrected chi connectivity index (χ0v) is 18.6. The summed E-state index contributed by atoms with van der Waals surface area (Å²) in [7, 11) is 0. The molecule has 4 rings (SSSR count). The molecule has 0 saturated carbocycles. The number of aliphatic carboxylic acids is 1. The number of unbranched alkanes of at least 4 members (excludes halogenated alkanes) is 1. The number of fused-ring (bicyclic) bond motifs is 1. The van der Waals surface area contributed by atoms with Crippen LogP contribution in [0.1, 0.15) is 26.2 Å². The first-order chi connectivity index (χ1) is 15.5. The molecular weight excluding hydrogens is 424 g/mol. The second-order valence-corrected chi connectivity index (χ2v) is 8.28. The minimum absolute atomic E-state index is 0.323. The molecule has 0 aliphatic carbocycles. The van der Waals surface area contributed by atoms with Crippen molar-refractivity contribution in [2.45, 2.75) is 26.2 Å². The molecule has 6 heteroatoms. The summed E-state index contributed by atoms with van der Waals surface area (Å²) < 4.78 is 8.09. The fourth-order valence-electron chi connectivity index (χ4n) is 3.64. The van der Waals surface area contributed by atoms with Crippen LogP contribution in [0.15, 0.2) is 72.8 Å². The summed E-state index contributed by atoms with van der Waals surface area (Å²) in [5.41, 5.74) is 3.81. The summed E-state index contributed by atoms with van der Waals surface area (Å²) >= 11 is 6.12. The van der Waals surface area contributed by atoms with Crippen LogP contribution in [0.5, 0.6) is 5.75 Å². The lowest BCUT2D eigenvalue weighted by Crippen LogP contribution is -2.09. The summed E-state index contributed by atoms with van der Waals surface area (Å²) in [6.07, 6.45) is 2.28. The third-order valence-corrected chi connectivity index (χ3v) is 5.72. The first-order valence-electron chi connectivity index (χ1n) is 10.7. The summed E-state index contributed by atoms with van der Waals surface area (Å²) in [6, 6.07) is 23.7. The molecule has 1 unspecified atom stereocenters. The van der Waals surface area contributed by atoms with Gasteiger partial charge in [0.25, 0.3) is 0 Å². The molecular formula is C26H25ClN2O3. The van der Waals surface area contributed by atoms with Crippen LogP contribution < -0.4 is 4.74 Å². The fraction of sp³-hybridized carbons (Fsp3) is 0.231. The summed E-state index contributed by atoms with van der Waals surface area (Å²) in [5.74, 6) is 0.541. The lowest BCUT2D eigenvalue weighted by molar-refractivity contribution is -0.141. The van der Waals surface area contributed by atoms with Crippen LogP contribution in [-0.2, 0) is 4.79 Å². The van der Waals surface area contributed by atoms with Crippen molar-refractivity contribution < 1.29 is 14.6 Å². The lowest BCUT2D eigenvalue weighted by atomic mass is 10.1. The summed E-state index contributed by atoms with van der Waals surface area (Å²) in [4.78, 5) is 15.8. The number of rotatable bonds is 9. The maximum atomic E-state index is 10.9. The first-order valence-corrected chi connectivity index (χ1v) is 11.1. The maximum absolute atomic E-state index is 10.9. The Hall–Kier alpha value is -3.31. The number of halogens is 1. The number of ether oxygens (including phenoxy) is 1. The quantitative estimate of drug-likeness (QED) is 0.292. The van der Waals surface area contributed by atoms with Gasteiger partial charge in [0.1, 0.15) is 11.6 Å². The van der Waals surface area contributed by atoms with Gasteiger partial charge in [-0.05, 0) is 55.7 Å². The van der Waals surface area contributed by atoms with E-state index in [1.54, 1.807) is 6.92 Å². The Balaban J connectivity index is 1.61. The SMILES string of the molecule is CC(CCCCOc1ccc2nc(-c3ccccc3)n(-c3ccc(Cl)cc3)c2c1)C(=O)O. The van der Waals surface area contributed by atoms with E-state index in [2.05, 4.69) is 4.57 Å². The molecule has 3 aromatic carbocycles. The molecule has 164 valence electrons. The number of benzene rings is 3. The number of hydrogen-bond acceptors (Lipinski definition) is 3. The van der Waals surface area contributed by atoms with Crippen LogP contribution in [0, 0.1) is 5.92 Å². The molecule has 0 spiro atoms. The van der Waals surface area contributed by atoms with E-state index < -0.39 is 5.97 Å². The molecule has 32 heavy (non-hydrogen) atoms. The van der Waals surface area contributed by atoms with E-state index in [1.807, 2.05) is 72.8 Å². The highest BCUT2D eigenvalue weighted by atomic mass is 35.5. The van der Waals surface area contributed by atoms with Crippen molar-refractivity contribution in [3.8, 4) is 22.8 Å². The predicted molar refractivity (Wildman–Crippen MR) is 128 cm³/mol. The smallest absolute Gasteiger partial charge is 0.306 e. The molecule has 4 aromatic rings. The van der Waals surface area contributed by atoms with Crippen molar-refractivity contribution in [1.82, 2.24) is 9.55 Å². The Bertz CT molecular complexity index is 1200. The van der Waals surface area contributed by atoms with Gasteiger partial charge in [-0.15, -0.1) is 0 Å². The highest BCUT2D eigenvalue weighted by molar-refractivity contribution is 6.30. The molecule has 1 aromatic heterocycles. The van der Waals surface area contributed by atoms with Crippen LogP contribution in [0.2, 0.25) is 5.02 Å². The van der Waals surface area contributed by atoms with Gasteiger partial charge in [0.05, 0.1) is 23.6 Å². The zero-order valence-electron chi connectivity index (χ0n) is 17.9. The molecule has 0 fully saturated rings. The largest absolute Gasteiger partial charge is 0.494 e. The number of carboxylic acid groups (broad SMARTS) is 1. The fourth-order valence-corrected chi connectivity index (χ4v) is 3.77. The van der Waals surface area contributed by atoms with E-state index in [0.717, 1.165) is 46.7 Å². The third-order valence-electron chi connectivity index (χ3n) is 5.46. The van der Waals surface area contributed by atoms with Crippen LogP contribution in [0.4, 0.5) is 0 Å². The highest BCUT2D eigenvalue weighted by Crippen LogP contribution is 2.31. The van der Waals surface area contributed by atoms with Gasteiger partial charge in [0.2, 0.25) is 0 Å². The number of imidazole rings is 1. The van der Waals surface area contributed by atoms with Crippen LogP contribution in [0.3, 0.4) is 0 Å². The Morgan fingerprint density at radius 1 is 1.06 bits per heavy atom. The molecule has 0 aliphatic rings. The summed E-state index contributed by atoms with van der Waals surface area (Å²) in [5, 5.41) is 9.67. The normalized spacial score (nSPS) is 12.1. The van der Waals surface area contributed by atoms with E-state index in [1.165, 1.54) is 0 Å². The average Bonchev–Trinajstić information content (AvgIpc) is 3.18. The van der Waals surface area contributed by atoms with Crippen LogP contribution in [-0.4, -0.2) is 27.2 Å². The molecule has 0 saturated heterocycles. The van der Waals surface area contributed by atoms with Crippen molar-refractivity contribution in [1.29, 1.82) is 0 Å². The van der Waals surface area contributed by atoms with E-state index in [9.17, 15) is 4.79 Å². The first kappa shape index (κ1) is 21.9. The van der Waals surface area contributed by atoms with Crippen LogP contribution >= 0.6 is 11.6 Å². The van der Waals surface area contributed by atoms with Gasteiger partial charge in [-0.2, -0.15) is 0 Å². The lowest BCUT2D eigenvalue weighted by Gasteiger charge is -2.11. The van der Waals surface area contributed by atoms with Crippen molar-refractivity contribution in [3.63, 3.8) is 0 Å². The van der Waals surface area contributed by atoms with Crippen molar-refractivity contribution in [2.75, 3.05) is 6.61 Å². The van der Waals surface area contributed by atoms with Gasteiger partial charge >= 0.3 is 5.97 Å². The molecule has 1 N–H and O–H groups in total. The number of hydrogen-bond donors (Lipinski definition) is 1. The zero-order chi connectivity index (χ0) is 22.5. The average molecular weight is 449 g/mol. The second kappa shape index (κ2) is 9.88.